The first kappa shape index (κ1) is 21.8. The van der Waals surface area contributed by atoms with Crippen molar-refractivity contribution in [2.45, 2.75) is 61.8 Å². The summed E-state index contributed by atoms with van der Waals surface area (Å²) in [6.07, 6.45) is 8.22. The minimum absolute atomic E-state index is 0.145. The number of fused-ring (bicyclic) bond motifs is 1. The number of imidazole rings is 1. The van der Waals surface area contributed by atoms with E-state index in [2.05, 4.69) is 30.9 Å². The molecule has 2 N–H and O–H groups in total. The summed E-state index contributed by atoms with van der Waals surface area (Å²) in [6.45, 7) is 1.51. The van der Waals surface area contributed by atoms with E-state index in [1.54, 1.807) is 18.0 Å². The maximum atomic E-state index is 6.22. The fraction of sp³-hybridized carbons (Fsp3) is 0.737. The Morgan fingerprint density at radius 1 is 1.17 bits per heavy atom. The minimum atomic E-state index is -1.13. The number of ether oxygens (including phenoxy) is 5. The van der Waals surface area contributed by atoms with Crippen LogP contribution in [-0.4, -0.2) is 64.0 Å². The molecule has 2 saturated heterocycles. The van der Waals surface area contributed by atoms with Gasteiger partial charge in [0.25, 0.3) is 0 Å². The summed E-state index contributed by atoms with van der Waals surface area (Å²) in [4.78, 5) is 12.8. The van der Waals surface area contributed by atoms with Crippen molar-refractivity contribution in [1.29, 1.82) is 0 Å². The fourth-order valence-electron chi connectivity index (χ4n) is 3.74. The van der Waals surface area contributed by atoms with Gasteiger partial charge in [-0.05, 0) is 38.5 Å². The minimum Gasteiger partial charge on any atom is -0.382 e. The zero-order valence-electron chi connectivity index (χ0n) is 17.0. The topological polar surface area (TPSA) is 116 Å². The average Bonchev–Trinajstić information content (AvgIpc) is 3.22. The van der Waals surface area contributed by atoms with Crippen LogP contribution < -0.4 is 5.73 Å². The van der Waals surface area contributed by atoms with E-state index in [1.807, 2.05) is 0 Å². The first-order valence-electron chi connectivity index (χ1n) is 10.3. The lowest BCUT2D eigenvalue weighted by molar-refractivity contribution is -0.261. The van der Waals surface area contributed by atoms with Gasteiger partial charge in [-0.3, -0.25) is 4.57 Å². The van der Waals surface area contributed by atoms with E-state index in [-0.39, 0.29) is 19.2 Å². The maximum Gasteiger partial charge on any atom is 0.207 e. The number of alkyl halides is 1. The van der Waals surface area contributed by atoms with Crippen LogP contribution in [0.15, 0.2) is 12.7 Å². The van der Waals surface area contributed by atoms with Crippen LogP contribution in [0.1, 0.15) is 38.5 Å². The fourth-order valence-corrected chi connectivity index (χ4v) is 4.52. The van der Waals surface area contributed by atoms with E-state index < -0.39 is 10.7 Å². The van der Waals surface area contributed by atoms with Gasteiger partial charge in [-0.1, -0.05) is 15.9 Å². The molecular weight excluding hydrogens is 458 g/mol. The van der Waals surface area contributed by atoms with E-state index in [1.165, 1.54) is 6.33 Å². The number of hydrogen-bond donors (Lipinski definition) is 1. The van der Waals surface area contributed by atoms with Crippen molar-refractivity contribution in [3.63, 3.8) is 0 Å². The molecule has 2 aliphatic rings. The summed E-state index contributed by atoms with van der Waals surface area (Å²) >= 11 is 3.68. The Bertz CT molecular complexity index is 827. The Morgan fingerprint density at radius 3 is 2.57 bits per heavy atom. The monoisotopic (exact) mass is 485 g/mol. The standard InChI is InChI=1S/C19H28BrN5O5/c1-26-19(10-29-13-6-2-4-8-27-13,18(20)30-14-7-3-5-9-28-14)25-12-24-15-16(21)22-11-23-17(15)25/h11-14,18H,2-10H2,1H3,(H2,21,22,23). The van der Waals surface area contributed by atoms with E-state index in [9.17, 15) is 0 Å². The molecule has 10 nitrogen and oxygen atoms in total. The molecule has 2 aromatic rings. The number of nitrogens with zero attached hydrogens (tertiary/aromatic N) is 4. The molecule has 4 atom stereocenters. The van der Waals surface area contributed by atoms with Crippen LogP contribution in [0, 0.1) is 0 Å². The van der Waals surface area contributed by atoms with Gasteiger partial charge >= 0.3 is 0 Å². The number of aromatic nitrogens is 4. The van der Waals surface area contributed by atoms with Gasteiger partial charge in [-0.15, -0.1) is 0 Å². The number of anilines is 1. The average molecular weight is 486 g/mol. The Morgan fingerprint density at radius 2 is 1.90 bits per heavy atom. The van der Waals surface area contributed by atoms with E-state index in [4.69, 9.17) is 29.4 Å². The third kappa shape index (κ3) is 4.46. The highest BCUT2D eigenvalue weighted by Gasteiger charge is 2.45. The van der Waals surface area contributed by atoms with Crippen LogP contribution in [0.2, 0.25) is 0 Å². The molecule has 11 heteroatoms. The Labute approximate surface area is 183 Å². The molecule has 30 heavy (non-hydrogen) atoms. The van der Waals surface area contributed by atoms with Crippen molar-refractivity contribution >= 4 is 32.9 Å². The van der Waals surface area contributed by atoms with Gasteiger partial charge in [0, 0.05) is 20.3 Å². The molecule has 166 valence electrons. The molecule has 0 amide bonds. The Balaban J connectivity index is 1.65. The predicted octanol–water partition coefficient (Wildman–Crippen LogP) is 2.52. The van der Waals surface area contributed by atoms with E-state index >= 15 is 0 Å². The van der Waals surface area contributed by atoms with Crippen molar-refractivity contribution in [3.05, 3.63) is 12.7 Å². The molecular formula is C19H28BrN5O5. The quantitative estimate of drug-likeness (QED) is 0.562. The third-order valence-electron chi connectivity index (χ3n) is 5.50. The highest BCUT2D eigenvalue weighted by atomic mass is 79.9. The SMILES string of the molecule is COC(COC1CCCCO1)(C(Br)OC1CCCCO1)n1cnc2c(N)ncnc21. The largest absolute Gasteiger partial charge is 0.382 e. The van der Waals surface area contributed by atoms with Gasteiger partial charge in [-0.2, -0.15) is 0 Å². The van der Waals surface area contributed by atoms with Gasteiger partial charge in [0.2, 0.25) is 5.72 Å². The molecule has 4 heterocycles. The molecule has 0 bridgehead atoms. The summed E-state index contributed by atoms with van der Waals surface area (Å²) in [6, 6.07) is 0. The van der Waals surface area contributed by atoms with Crippen LogP contribution in [0.25, 0.3) is 11.2 Å². The summed E-state index contributed by atoms with van der Waals surface area (Å²) < 4.78 is 31.7. The zero-order chi connectivity index (χ0) is 21.0. The summed E-state index contributed by atoms with van der Waals surface area (Å²) in [7, 11) is 1.60. The number of nitrogen functional groups attached to an aromatic ring is 1. The molecule has 0 saturated carbocycles. The van der Waals surface area contributed by atoms with Gasteiger partial charge < -0.3 is 29.4 Å². The molecule has 0 aliphatic carbocycles. The van der Waals surface area contributed by atoms with Crippen molar-refractivity contribution in [2.24, 2.45) is 0 Å². The van der Waals surface area contributed by atoms with Gasteiger partial charge in [0.15, 0.2) is 29.1 Å². The number of halogens is 1. The highest BCUT2D eigenvalue weighted by Crippen LogP contribution is 2.35. The van der Waals surface area contributed by atoms with Crippen molar-refractivity contribution < 1.29 is 23.7 Å². The molecule has 0 spiro atoms. The summed E-state index contributed by atoms with van der Waals surface area (Å²) in [5.41, 5.74) is 5.87. The lowest BCUT2D eigenvalue weighted by Crippen LogP contribution is -2.51. The number of methoxy groups -OCH3 is 1. The van der Waals surface area contributed by atoms with Gasteiger partial charge in [0.1, 0.15) is 18.5 Å². The second kappa shape index (κ2) is 9.84. The first-order valence-corrected chi connectivity index (χ1v) is 11.2. The highest BCUT2D eigenvalue weighted by molar-refractivity contribution is 9.09. The van der Waals surface area contributed by atoms with Crippen LogP contribution >= 0.6 is 15.9 Å². The van der Waals surface area contributed by atoms with E-state index in [0.717, 1.165) is 38.5 Å². The Hall–Kier alpha value is -1.37. The smallest absolute Gasteiger partial charge is 0.207 e. The van der Waals surface area contributed by atoms with E-state index in [0.29, 0.717) is 30.2 Å². The van der Waals surface area contributed by atoms with Crippen molar-refractivity contribution in [1.82, 2.24) is 19.5 Å². The zero-order valence-corrected chi connectivity index (χ0v) is 18.6. The van der Waals surface area contributed by atoms with Crippen molar-refractivity contribution in [3.8, 4) is 0 Å². The molecule has 2 fully saturated rings. The Kier molecular flexibility index (Phi) is 7.16. The van der Waals surface area contributed by atoms with Crippen LogP contribution in [0.4, 0.5) is 5.82 Å². The van der Waals surface area contributed by atoms with Crippen LogP contribution in [-0.2, 0) is 29.4 Å². The molecule has 0 aromatic carbocycles. The second-order valence-electron chi connectivity index (χ2n) is 7.45. The van der Waals surface area contributed by atoms with Crippen LogP contribution in [0.5, 0.6) is 0 Å². The molecule has 2 aliphatic heterocycles. The summed E-state index contributed by atoms with van der Waals surface area (Å²) in [5, 5.41) is -0.615. The van der Waals surface area contributed by atoms with Gasteiger partial charge in [0.05, 0.1) is 6.33 Å². The lowest BCUT2D eigenvalue weighted by atomic mass is 10.2. The summed E-state index contributed by atoms with van der Waals surface area (Å²) in [5.74, 6) is 0.294. The lowest BCUT2D eigenvalue weighted by Gasteiger charge is -2.40. The number of hydrogen-bond acceptors (Lipinski definition) is 9. The molecule has 4 rings (SSSR count). The normalized spacial score (nSPS) is 25.8. The predicted molar refractivity (Wildman–Crippen MR) is 112 cm³/mol. The maximum absolute atomic E-state index is 6.22. The molecule has 0 radical (unpaired) electrons. The van der Waals surface area contributed by atoms with Crippen molar-refractivity contribution in [2.75, 3.05) is 32.7 Å². The first-order chi connectivity index (χ1) is 14.6. The number of rotatable bonds is 8. The van der Waals surface area contributed by atoms with Crippen LogP contribution in [0.3, 0.4) is 0 Å². The third-order valence-corrected chi connectivity index (χ3v) is 6.43. The number of nitrogens with two attached hydrogens (primary N) is 1. The van der Waals surface area contributed by atoms with Gasteiger partial charge in [-0.25, -0.2) is 15.0 Å². The second-order valence-corrected chi connectivity index (χ2v) is 8.28. The molecule has 4 unspecified atom stereocenters. The molecule has 2 aromatic heterocycles.